The van der Waals surface area contributed by atoms with Gasteiger partial charge in [0.2, 0.25) is 0 Å². The number of nitrogens with one attached hydrogen (secondary N) is 1. The van der Waals surface area contributed by atoms with Crippen molar-refractivity contribution in [2.75, 3.05) is 31.3 Å². The quantitative estimate of drug-likeness (QED) is 0.251. The van der Waals surface area contributed by atoms with E-state index < -0.39 is 29.3 Å². The van der Waals surface area contributed by atoms with Crippen LogP contribution < -0.4 is 10.6 Å². The molecule has 1 aromatic carbocycles. The lowest BCUT2D eigenvalue weighted by molar-refractivity contribution is -0.135. The molecule has 0 atom stereocenters. The minimum Gasteiger partial charge on any atom is -0.461 e. The molecule has 1 aromatic heterocycles. The van der Waals surface area contributed by atoms with E-state index in [0.717, 1.165) is 9.69 Å². The average Bonchev–Trinajstić information content (AvgIpc) is 3.45. The summed E-state index contributed by atoms with van der Waals surface area (Å²) in [7, 11) is 1.45. The number of carbonyl (C=O) groups excluding carboxylic acids is 4. The molecule has 1 aliphatic heterocycles. The lowest BCUT2D eigenvalue weighted by Gasteiger charge is -2.19. The largest absolute Gasteiger partial charge is 0.461 e. The van der Waals surface area contributed by atoms with E-state index in [1.807, 2.05) is 13.8 Å². The predicted octanol–water partition coefficient (Wildman–Crippen LogP) is 2.59. The number of H-pyrrole nitrogens is 1. The van der Waals surface area contributed by atoms with E-state index in [4.69, 9.17) is 9.47 Å². The van der Waals surface area contributed by atoms with E-state index in [1.54, 1.807) is 49.1 Å². The second-order valence-electron chi connectivity index (χ2n) is 8.62. The maximum atomic E-state index is 13.4. The summed E-state index contributed by atoms with van der Waals surface area (Å²) in [4.78, 5) is 66.1. The van der Waals surface area contributed by atoms with Gasteiger partial charge in [-0.1, -0.05) is 18.2 Å². The number of allylic oxidation sites excluding steroid dienone is 2. The monoisotopic (exact) mass is 563 g/mol. The number of esters is 2. The van der Waals surface area contributed by atoms with Gasteiger partial charge < -0.3 is 14.4 Å². The van der Waals surface area contributed by atoms with Crippen LogP contribution in [0, 0.1) is 0 Å². The van der Waals surface area contributed by atoms with Crippen molar-refractivity contribution in [3.63, 3.8) is 0 Å². The Morgan fingerprint density at radius 2 is 1.61 bits per heavy atom. The van der Waals surface area contributed by atoms with Crippen molar-refractivity contribution in [3.8, 4) is 0 Å². The van der Waals surface area contributed by atoms with E-state index >= 15 is 0 Å². The van der Waals surface area contributed by atoms with Gasteiger partial charge in [-0.15, -0.1) is 0 Å². The van der Waals surface area contributed by atoms with Gasteiger partial charge in [0, 0.05) is 25.7 Å². The van der Waals surface area contributed by atoms with Gasteiger partial charge in [0.15, 0.2) is 11.4 Å². The third-order valence-corrected chi connectivity index (χ3v) is 6.07. The van der Waals surface area contributed by atoms with Crippen LogP contribution in [0.3, 0.4) is 0 Å². The van der Waals surface area contributed by atoms with Crippen molar-refractivity contribution in [2.24, 2.45) is 12.1 Å². The molecule has 41 heavy (non-hydrogen) atoms. The van der Waals surface area contributed by atoms with Gasteiger partial charge in [-0.3, -0.25) is 24.2 Å². The van der Waals surface area contributed by atoms with Crippen molar-refractivity contribution < 1.29 is 28.7 Å². The number of para-hydroxylation sites is 1. The molecule has 0 bridgehead atoms. The van der Waals surface area contributed by atoms with Crippen LogP contribution in [0.2, 0.25) is 0 Å². The number of hydrogen-bond donors (Lipinski definition) is 1. The zero-order valence-corrected chi connectivity index (χ0v) is 23.7. The number of anilines is 1. The minimum atomic E-state index is -0.791. The second kappa shape index (κ2) is 13.9. The zero-order chi connectivity index (χ0) is 30.1. The zero-order valence-electron chi connectivity index (χ0n) is 23.7. The molecule has 2 heterocycles. The number of likely N-dealkylation sites (N-methyl/N-ethyl adjacent to an activating group) is 1. The van der Waals surface area contributed by atoms with E-state index in [9.17, 15) is 24.0 Å². The van der Waals surface area contributed by atoms with Gasteiger partial charge >= 0.3 is 11.9 Å². The normalized spacial score (nSPS) is 14.5. The highest BCUT2D eigenvalue weighted by molar-refractivity contribution is 6.53. The molecule has 216 valence electrons. The van der Waals surface area contributed by atoms with Gasteiger partial charge in [-0.05, 0) is 64.1 Å². The minimum absolute atomic E-state index is 0.00202. The number of aromatic nitrogens is 2. The standard InChI is InChI=1S/C29H33N5O7/c1-6-33(7-2)25(35)19(15-17-21-23(28(38)40-8-3)30-32(5)26(21)36)16-18-22-24(29(39)41-9-4)31-34(27(22)37)20-13-11-10-12-14-20/h10-18,30H,6-9H2,1-5H3. The molecule has 3 rings (SSSR count). The van der Waals surface area contributed by atoms with E-state index in [0.29, 0.717) is 18.8 Å². The number of nitrogens with zero attached hydrogens (tertiary/aromatic N) is 4. The number of amides is 2. The van der Waals surface area contributed by atoms with Crippen LogP contribution >= 0.6 is 0 Å². The van der Waals surface area contributed by atoms with Crippen molar-refractivity contribution in [1.82, 2.24) is 14.7 Å². The number of hydrazone groups is 1. The Labute approximate surface area is 237 Å². The molecule has 2 aromatic rings. The molecular weight excluding hydrogens is 530 g/mol. The third-order valence-electron chi connectivity index (χ3n) is 6.07. The fourth-order valence-electron chi connectivity index (χ4n) is 3.98. The topological polar surface area (TPSA) is 143 Å². The molecule has 0 saturated heterocycles. The molecule has 0 radical (unpaired) electrons. The van der Waals surface area contributed by atoms with Gasteiger partial charge in [-0.25, -0.2) is 9.59 Å². The van der Waals surface area contributed by atoms with E-state index in [2.05, 4.69) is 10.2 Å². The highest BCUT2D eigenvalue weighted by Crippen LogP contribution is 2.24. The summed E-state index contributed by atoms with van der Waals surface area (Å²) in [6.07, 6.45) is 5.41. The Balaban J connectivity index is 2.12. The van der Waals surface area contributed by atoms with E-state index in [-0.39, 0.29) is 41.3 Å². The van der Waals surface area contributed by atoms with Crippen LogP contribution in [0.4, 0.5) is 5.69 Å². The fourth-order valence-corrected chi connectivity index (χ4v) is 3.98. The fraction of sp³-hybridized carbons (Fsp3) is 0.310. The molecule has 12 nitrogen and oxygen atoms in total. The first kappa shape index (κ1) is 30.5. The SMILES string of the molecule is CCOC(=O)C1=NN(c2ccccc2)C(=O)C1=CC=C(C=Cc1c(C(=O)OCC)[nH]n(C)c1=O)C(=O)N(CC)CC. The maximum Gasteiger partial charge on any atom is 0.359 e. The van der Waals surface area contributed by atoms with Crippen LogP contribution in [-0.4, -0.2) is 70.4 Å². The molecule has 0 saturated carbocycles. The summed E-state index contributed by atoms with van der Waals surface area (Å²) in [6.45, 7) is 7.87. The van der Waals surface area contributed by atoms with Crippen LogP contribution in [0.1, 0.15) is 43.7 Å². The summed E-state index contributed by atoms with van der Waals surface area (Å²) in [5, 5.41) is 7.95. The number of aromatic amines is 1. The first-order valence-electron chi connectivity index (χ1n) is 13.2. The van der Waals surface area contributed by atoms with Crippen LogP contribution in [0.5, 0.6) is 0 Å². The molecule has 0 spiro atoms. The molecule has 0 fully saturated rings. The first-order chi connectivity index (χ1) is 19.7. The molecular formula is C29H33N5O7. The van der Waals surface area contributed by atoms with Crippen molar-refractivity contribution in [1.29, 1.82) is 0 Å². The number of rotatable bonds is 11. The van der Waals surface area contributed by atoms with Crippen LogP contribution in [0.15, 0.2) is 69.6 Å². The van der Waals surface area contributed by atoms with Crippen molar-refractivity contribution in [2.45, 2.75) is 27.7 Å². The third kappa shape index (κ3) is 6.78. The summed E-state index contributed by atoms with van der Waals surface area (Å²) >= 11 is 0. The number of benzene rings is 1. The van der Waals surface area contributed by atoms with Crippen LogP contribution in [0.25, 0.3) is 6.08 Å². The molecule has 2 amide bonds. The molecule has 1 aliphatic rings. The van der Waals surface area contributed by atoms with Gasteiger partial charge in [0.1, 0.15) is 0 Å². The second-order valence-corrected chi connectivity index (χ2v) is 8.62. The van der Waals surface area contributed by atoms with Gasteiger partial charge in [0.05, 0.1) is 30.0 Å². The smallest absolute Gasteiger partial charge is 0.359 e. The Hall–Kier alpha value is -5.00. The van der Waals surface area contributed by atoms with Crippen molar-refractivity contribution in [3.05, 3.63) is 81.3 Å². The summed E-state index contributed by atoms with van der Waals surface area (Å²) in [5.74, 6) is -2.49. The maximum absolute atomic E-state index is 13.4. The Bertz CT molecular complexity index is 1490. The lowest BCUT2D eigenvalue weighted by atomic mass is 10.1. The van der Waals surface area contributed by atoms with Crippen LogP contribution in [-0.2, 0) is 30.9 Å². The van der Waals surface area contributed by atoms with Crippen molar-refractivity contribution >= 4 is 41.2 Å². The predicted molar refractivity (Wildman–Crippen MR) is 153 cm³/mol. The number of ether oxygens (including phenoxy) is 2. The Kier molecular flexibility index (Phi) is 10.3. The Morgan fingerprint density at radius 3 is 2.22 bits per heavy atom. The van der Waals surface area contributed by atoms with Gasteiger partial charge in [0.25, 0.3) is 17.4 Å². The highest BCUT2D eigenvalue weighted by atomic mass is 16.5. The van der Waals surface area contributed by atoms with E-state index in [1.165, 1.54) is 31.4 Å². The number of hydrogen-bond acceptors (Lipinski definition) is 8. The summed E-state index contributed by atoms with van der Waals surface area (Å²) in [6, 6.07) is 8.57. The molecule has 1 N–H and O–H groups in total. The lowest BCUT2D eigenvalue weighted by Crippen LogP contribution is -2.31. The summed E-state index contributed by atoms with van der Waals surface area (Å²) in [5.41, 5.74) is -0.314. The first-order valence-corrected chi connectivity index (χ1v) is 13.2. The molecule has 0 aliphatic carbocycles. The van der Waals surface area contributed by atoms with Gasteiger partial charge in [-0.2, -0.15) is 10.1 Å². The number of aryl methyl sites for hydroxylation is 1. The molecule has 12 heteroatoms. The molecule has 0 unspecified atom stereocenters. The average molecular weight is 564 g/mol. The Morgan fingerprint density at radius 1 is 0.976 bits per heavy atom. The number of carbonyl (C=O) groups is 4. The highest BCUT2D eigenvalue weighted by Gasteiger charge is 2.35. The summed E-state index contributed by atoms with van der Waals surface area (Å²) < 4.78 is 11.3.